The van der Waals surface area contributed by atoms with Crippen LogP contribution in [0.1, 0.15) is 19.0 Å². The number of hydrogen-bond donors (Lipinski definition) is 3. The number of anilines is 1. The molecule has 16 heteroatoms. The van der Waals surface area contributed by atoms with Gasteiger partial charge >= 0.3 is 11.9 Å². The number of β-lactam (4-membered cyclic amide) rings is 1. The van der Waals surface area contributed by atoms with Crippen LogP contribution in [0.2, 0.25) is 0 Å². The Labute approximate surface area is 212 Å². The van der Waals surface area contributed by atoms with Gasteiger partial charge in [-0.05, 0) is 0 Å². The molecular formula is C19H22ClN5O8S2. The highest BCUT2D eigenvalue weighted by molar-refractivity contribution is 8.00. The third-order valence-corrected chi connectivity index (χ3v) is 7.78. The summed E-state index contributed by atoms with van der Waals surface area (Å²) in [5.74, 6) is -3.59. The minimum Gasteiger partial charge on any atom is -0.481 e. The number of ether oxygens (including phenoxy) is 1. The molecule has 2 aliphatic rings. The number of thiazole rings is 1. The number of rotatable bonds is 10. The maximum absolute atomic E-state index is 12.9. The number of nitrogens with one attached hydrogen (secondary N) is 2. The Morgan fingerprint density at radius 1 is 1.40 bits per heavy atom. The monoisotopic (exact) mass is 547 g/mol. The van der Waals surface area contributed by atoms with Gasteiger partial charge in [0.15, 0.2) is 10.8 Å². The number of thioether (sulfide) groups is 1. The first-order chi connectivity index (χ1) is 16.7. The molecule has 2 fully saturated rings. The predicted molar refractivity (Wildman–Crippen MR) is 126 cm³/mol. The molecule has 1 aromatic heterocycles. The van der Waals surface area contributed by atoms with Gasteiger partial charge in [0.1, 0.15) is 42.1 Å². The molecule has 35 heavy (non-hydrogen) atoms. The first-order valence-electron chi connectivity index (χ1n) is 10.2. The van der Waals surface area contributed by atoms with Gasteiger partial charge in [-0.15, -0.1) is 34.7 Å². The average Bonchev–Trinajstić information content (AvgIpc) is 3.31. The molecule has 2 unspecified atom stereocenters. The van der Waals surface area contributed by atoms with Crippen molar-refractivity contribution in [3.8, 4) is 0 Å². The molecule has 190 valence electrons. The first-order valence-corrected chi connectivity index (χ1v) is 12.7. The van der Waals surface area contributed by atoms with Gasteiger partial charge in [-0.3, -0.25) is 24.0 Å². The SMILES string of the molecule is CCC(=O)OCC1(C(=O)O)CS[C@@H]2C(NC(=O)C(=NOC)c3csc(NC(=O)CCl)n3)C(=O)N2C1. The summed E-state index contributed by atoms with van der Waals surface area (Å²) < 4.78 is 5.06. The van der Waals surface area contributed by atoms with Crippen molar-refractivity contribution < 1.29 is 38.7 Å². The number of hydrogen-bond acceptors (Lipinski definition) is 11. The highest BCUT2D eigenvalue weighted by Gasteiger charge is 2.58. The van der Waals surface area contributed by atoms with Gasteiger partial charge in [-0.2, -0.15) is 0 Å². The number of carboxylic acids is 1. The van der Waals surface area contributed by atoms with Crippen LogP contribution in [0.3, 0.4) is 0 Å². The van der Waals surface area contributed by atoms with E-state index in [0.29, 0.717) is 0 Å². The number of esters is 1. The zero-order valence-corrected chi connectivity index (χ0v) is 21.0. The number of halogens is 1. The fraction of sp³-hybridized carbons (Fsp3) is 0.526. The Hall–Kier alpha value is -2.91. The summed E-state index contributed by atoms with van der Waals surface area (Å²) in [7, 11) is 1.24. The van der Waals surface area contributed by atoms with Crippen molar-refractivity contribution in [2.45, 2.75) is 24.8 Å². The normalized spacial score (nSPS) is 23.6. The van der Waals surface area contributed by atoms with E-state index in [1.165, 1.54) is 29.2 Å². The standard InChI is InChI=1S/C19H22ClN5O8S2/c1-3-11(27)33-7-19(17(30)31)6-25-15(29)13(16(25)35-8-19)23-14(28)12(24-32-2)9-5-34-18(21-9)22-10(26)4-20/h5,13,16H,3-4,6-8H2,1-2H3,(H,23,28)(H,30,31)(H,21,22,26)/t13?,16-,19?/m1/s1. The van der Waals surface area contributed by atoms with E-state index >= 15 is 0 Å². The Kier molecular flexibility index (Phi) is 8.56. The van der Waals surface area contributed by atoms with Crippen LogP contribution < -0.4 is 10.6 Å². The molecule has 2 aliphatic heterocycles. The number of fused-ring (bicyclic) bond motifs is 1. The molecule has 0 spiro atoms. The van der Waals surface area contributed by atoms with Gasteiger partial charge in [0.25, 0.3) is 5.91 Å². The van der Waals surface area contributed by atoms with Gasteiger partial charge in [0, 0.05) is 24.1 Å². The summed E-state index contributed by atoms with van der Waals surface area (Å²) in [5, 5.41) is 19.7. The summed E-state index contributed by atoms with van der Waals surface area (Å²) in [6.07, 6.45) is 0.104. The highest BCUT2D eigenvalue weighted by atomic mass is 35.5. The van der Waals surface area contributed by atoms with Crippen molar-refractivity contribution in [3.05, 3.63) is 11.1 Å². The van der Waals surface area contributed by atoms with Crippen molar-refractivity contribution in [2.75, 3.05) is 37.2 Å². The molecule has 0 saturated carbocycles. The number of carbonyl (C=O) groups excluding carboxylic acids is 4. The number of aromatic nitrogens is 1. The van der Waals surface area contributed by atoms with E-state index in [1.807, 2.05) is 0 Å². The van der Waals surface area contributed by atoms with Crippen molar-refractivity contribution in [1.82, 2.24) is 15.2 Å². The van der Waals surface area contributed by atoms with Crippen molar-refractivity contribution in [2.24, 2.45) is 10.6 Å². The van der Waals surface area contributed by atoms with Crippen LogP contribution in [0.25, 0.3) is 0 Å². The second-order valence-corrected chi connectivity index (χ2v) is 9.79. The lowest BCUT2D eigenvalue weighted by Crippen LogP contribution is -2.74. The molecule has 3 N–H and O–H groups in total. The largest absolute Gasteiger partial charge is 0.481 e. The minimum atomic E-state index is -1.44. The number of oxime groups is 1. The smallest absolute Gasteiger partial charge is 0.315 e. The maximum Gasteiger partial charge on any atom is 0.315 e. The van der Waals surface area contributed by atoms with Crippen LogP contribution in [0.15, 0.2) is 10.5 Å². The molecule has 0 aliphatic carbocycles. The van der Waals surface area contributed by atoms with E-state index in [4.69, 9.17) is 21.2 Å². The number of amides is 3. The Morgan fingerprint density at radius 2 is 2.14 bits per heavy atom. The van der Waals surface area contributed by atoms with E-state index in [2.05, 4.69) is 20.8 Å². The summed E-state index contributed by atoms with van der Waals surface area (Å²) >= 11 is 7.67. The number of nitrogens with zero attached hydrogens (tertiary/aromatic N) is 3. The number of carboxylic acid groups (broad SMARTS) is 1. The van der Waals surface area contributed by atoms with Gasteiger partial charge in [0.05, 0.1) is 0 Å². The Balaban J connectivity index is 1.67. The molecule has 1 aromatic rings. The third-order valence-electron chi connectivity index (χ3n) is 5.20. The predicted octanol–water partition coefficient (Wildman–Crippen LogP) is 0.0950. The molecule has 3 amide bonds. The van der Waals surface area contributed by atoms with E-state index in [-0.39, 0.29) is 47.7 Å². The fourth-order valence-electron chi connectivity index (χ4n) is 3.32. The lowest BCUT2D eigenvalue weighted by molar-refractivity contribution is -0.165. The third kappa shape index (κ3) is 5.67. The van der Waals surface area contributed by atoms with Crippen molar-refractivity contribution in [3.63, 3.8) is 0 Å². The second-order valence-electron chi connectivity index (χ2n) is 7.56. The number of alkyl halides is 1. The van der Waals surface area contributed by atoms with Crippen LogP contribution in [0.5, 0.6) is 0 Å². The lowest BCUT2D eigenvalue weighted by Gasteiger charge is -2.53. The summed E-state index contributed by atoms with van der Waals surface area (Å²) in [6, 6.07) is -0.923. The summed E-state index contributed by atoms with van der Waals surface area (Å²) in [4.78, 5) is 70.8. The first kappa shape index (κ1) is 26.7. The average molecular weight is 548 g/mol. The quantitative estimate of drug-likeness (QED) is 0.120. The number of aliphatic carboxylic acids is 1. The van der Waals surface area contributed by atoms with E-state index in [0.717, 1.165) is 11.3 Å². The lowest BCUT2D eigenvalue weighted by atomic mass is 9.88. The van der Waals surface area contributed by atoms with E-state index in [1.54, 1.807) is 6.92 Å². The molecule has 0 aromatic carbocycles. The molecule has 0 bridgehead atoms. The maximum atomic E-state index is 12.9. The van der Waals surface area contributed by atoms with Crippen LogP contribution in [0, 0.1) is 5.41 Å². The van der Waals surface area contributed by atoms with Gasteiger partial charge in [-0.25, -0.2) is 4.98 Å². The van der Waals surface area contributed by atoms with Crippen LogP contribution in [0.4, 0.5) is 5.13 Å². The van der Waals surface area contributed by atoms with Crippen LogP contribution in [-0.2, 0) is 33.5 Å². The molecule has 3 heterocycles. The summed E-state index contributed by atoms with van der Waals surface area (Å²) in [6.45, 7) is 1.08. The van der Waals surface area contributed by atoms with E-state index < -0.39 is 46.5 Å². The second kappa shape index (κ2) is 11.2. The fourth-order valence-corrected chi connectivity index (χ4v) is 5.63. The molecule has 3 rings (SSSR count). The van der Waals surface area contributed by atoms with Crippen LogP contribution >= 0.6 is 34.7 Å². The molecule has 3 atom stereocenters. The Morgan fingerprint density at radius 3 is 2.77 bits per heavy atom. The number of carbonyl (C=O) groups is 5. The zero-order valence-electron chi connectivity index (χ0n) is 18.6. The van der Waals surface area contributed by atoms with E-state index in [9.17, 15) is 29.1 Å². The van der Waals surface area contributed by atoms with Gasteiger partial charge in [-0.1, -0.05) is 12.1 Å². The van der Waals surface area contributed by atoms with Gasteiger partial charge in [0.2, 0.25) is 11.8 Å². The van der Waals surface area contributed by atoms with Crippen LogP contribution in [-0.4, -0.2) is 93.7 Å². The van der Waals surface area contributed by atoms with Crippen molar-refractivity contribution in [1.29, 1.82) is 0 Å². The zero-order chi connectivity index (χ0) is 25.8. The topological polar surface area (TPSA) is 177 Å². The van der Waals surface area contributed by atoms with Crippen molar-refractivity contribution >= 4 is 75.2 Å². The molecular weight excluding hydrogens is 526 g/mol. The minimum absolute atomic E-state index is 0.0783. The molecule has 0 radical (unpaired) electrons. The van der Waals surface area contributed by atoms with Gasteiger partial charge < -0.3 is 30.2 Å². The summed E-state index contributed by atoms with van der Waals surface area (Å²) in [5.41, 5.74) is -1.54. The molecule has 13 nitrogen and oxygen atoms in total. The Bertz CT molecular complexity index is 1070. The highest BCUT2D eigenvalue weighted by Crippen LogP contribution is 2.42. The molecule has 2 saturated heterocycles.